The molecule has 1 saturated heterocycles. The van der Waals surface area contributed by atoms with Crippen molar-refractivity contribution in [3.63, 3.8) is 0 Å². The van der Waals surface area contributed by atoms with E-state index < -0.39 is 11.9 Å². The number of carboxylic acid groups (broad SMARTS) is 1. The summed E-state index contributed by atoms with van der Waals surface area (Å²) in [5, 5.41) is 11.6. The molecule has 2 aliphatic rings. The summed E-state index contributed by atoms with van der Waals surface area (Å²) in [7, 11) is 2.02. The highest BCUT2D eigenvalue weighted by Gasteiger charge is 2.48. The third kappa shape index (κ3) is 2.28. The highest BCUT2D eigenvalue weighted by Crippen LogP contribution is 2.38. The first-order valence-corrected chi connectivity index (χ1v) is 5.29. The fourth-order valence-corrected chi connectivity index (χ4v) is 2.12. The Morgan fingerprint density at radius 2 is 2.13 bits per heavy atom. The van der Waals surface area contributed by atoms with Crippen LogP contribution in [0.15, 0.2) is 0 Å². The van der Waals surface area contributed by atoms with Gasteiger partial charge < -0.3 is 15.3 Å². The Morgan fingerprint density at radius 1 is 1.40 bits per heavy atom. The number of likely N-dealkylation sites (N-methyl/N-ethyl adjacent to an activating group) is 1. The van der Waals surface area contributed by atoms with Crippen LogP contribution in [0.1, 0.15) is 12.8 Å². The van der Waals surface area contributed by atoms with Gasteiger partial charge in [0.05, 0.1) is 11.8 Å². The fraction of sp³-hybridized carbons (Fsp3) is 0.800. The van der Waals surface area contributed by atoms with Crippen molar-refractivity contribution >= 4 is 11.9 Å². The highest BCUT2D eigenvalue weighted by atomic mass is 16.4. The number of aliphatic carboxylic acids is 1. The molecule has 5 heteroatoms. The van der Waals surface area contributed by atoms with E-state index in [0.29, 0.717) is 6.42 Å². The third-order valence-electron chi connectivity index (χ3n) is 3.18. The SMILES string of the molecule is CN1CCC(NC(=O)[C@@H]2C[C@@H]2C(=O)O)C1. The quantitative estimate of drug-likeness (QED) is 0.663. The molecule has 0 aromatic heterocycles. The smallest absolute Gasteiger partial charge is 0.307 e. The van der Waals surface area contributed by atoms with E-state index in [9.17, 15) is 9.59 Å². The predicted octanol–water partition coefficient (Wildman–Crippen LogP) is -0.473. The van der Waals surface area contributed by atoms with Crippen molar-refractivity contribution in [3.8, 4) is 0 Å². The Kier molecular flexibility index (Phi) is 2.65. The number of likely N-dealkylation sites (tertiary alicyclic amines) is 1. The molecule has 0 bridgehead atoms. The van der Waals surface area contributed by atoms with Gasteiger partial charge in [-0.2, -0.15) is 0 Å². The van der Waals surface area contributed by atoms with Crippen molar-refractivity contribution in [1.29, 1.82) is 0 Å². The fourth-order valence-electron chi connectivity index (χ4n) is 2.12. The second-order valence-corrected chi connectivity index (χ2v) is 4.54. The summed E-state index contributed by atoms with van der Waals surface area (Å²) in [5.41, 5.74) is 0. The molecule has 1 unspecified atom stereocenters. The lowest BCUT2D eigenvalue weighted by molar-refractivity contribution is -0.140. The van der Waals surface area contributed by atoms with Gasteiger partial charge in [0.1, 0.15) is 0 Å². The van der Waals surface area contributed by atoms with Gasteiger partial charge in [0.2, 0.25) is 5.91 Å². The summed E-state index contributed by atoms with van der Waals surface area (Å²) >= 11 is 0. The van der Waals surface area contributed by atoms with Crippen LogP contribution in [0.2, 0.25) is 0 Å². The lowest BCUT2D eigenvalue weighted by Crippen LogP contribution is -2.38. The zero-order valence-corrected chi connectivity index (χ0v) is 8.77. The maximum Gasteiger partial charge on any atom is 0.307 e. The number of carboxylic acids is 1. The number of amides is 1. The number of hydrogen-bond acceptors (Lipinski definition) is 3. The number of carbonyl (C=O) groups is 2. The summed E-state index contributed by atoms with van der Waals surface area (Å²) < 4.78 is 0. The topological polar surface area (TPSA) is 69.6 Å². The number of nitrogens with one attached hydrogen (secondary N) is 1. The van der Waals surface area contributed by atoms with Gasteiger partial charge >= 0.3 is 5.97 Å². The van der Waals surface area contributed by atoms with Gasteiger partial charge in [-0.1, -0.05) is 0 Å². The largest absolute Gasteiger partial charge is 0.481 e. The molecular weight excluding hydrogens is 196 g/mol. The maximum atomic E-state index is 11.6. The average Bonchev–Trinajstić information content (AvgIpc) is 2.86. The molecule has 2 fully saturated rings. The molecule has 1 aliphatic heterocycles. The van der Waals surface area contributed by atoms with E-state index in [1.165, 1.54) is 0 Å². The normalized spacial score (nSPS) is 35.1. The summed E-state index contributed by atoms with van der Waals surface area (Å²) in [6.07, 6.45) is 1.47. The number of hydrogen-bond donors (Lipinski definition) is 2. The van der Waals surface area contributed by atoms with Crippen LogP contribution >= 0.6 is 0 Å². The van der Waals surface area contributed by atoms with Gasteiger partial charge in [0.15, 0.2) is 0 Å². The van der Waals surface area contributed by atoms with Crippen molar-refractivity contribution in [2.24, 2.45) is 11.8 Å². The molecule has 0 spiro atoms. The molecule has 1 heterocycles. The van der Waals surface area contributed by atoms with Crippen LogP contribution in [0.25, 0.3) is 0 Å². The molecule has 0 aromatic carbocycles. The van der Waals surface area contributed by atoms with Crippen molar-refractivity contribution in [2.45, 2.75) is 18.9 Å². The second kappa shape index (κ2) is 3.81. The number of rotatable bonds is 3. The first kappa shape index (κ1) is 10.4. The maximum absolute atomic E-state index is 11.6. The van der Waals surface area contributed by atoms with Crippen LogP contribution in [-0.2, 0) is 9.59 Å². The van der Waals surface area contributed by atoms with Gasteiger partial charge in [-0.25, -0.2) is 0 Å². The van der Waals surface area contributed by atoms with E-state index in [-0.39, 0.29) is 17.9 Å². The van der Waals surface area contributed by atoms with Crippen LogP contribution in [0.3, 0.4) is 0 Å². The van der Waals surface area contributed by atoms with Crippen molar-refractivity contribution < 1.29 is 14.7 Å². The molecule has 2 rings (SSSR count). The van der Waals surface area contributed by atoms with E-state index in [1.807, 2.05) is 7.05 Å². The molecule has 0 radical (unpaired) electrons. The van der Waals surface area contributed by atoms with Crippen LogP contribution in [0.5, 0.6) is 0 Å². The van der Waals surface area contributed by atoms with Crippen molar-refractivity contribution in [2.75, 3.05) is 20.1 Å². The molecular formula is C10H16N2O3. The molecule has 3 atom stereocenters. The summed E-state index contributed by atoms with van der Waals surface area (Å²) in [5.74, 6) is -1.65. The first-order chi connectivity index (χ1) is 7.08. The van der Waals surface area contributed by atoms with Gasteiger partial charge in [-0.3, -0.25) is 9.59 Å². The summed E-state index contributed by atoms with van der Waals surface area (Å²) in [6.45, 7) is 1.87. The zero-order chi connectivity index (χ0) is 11.0. The second-order valence-electron chi connectivity index (χ2n) is 4.54. The number of nitrogens with zero attached hydrogens (tertiary/aromatic N) is 1. The van der Waals surface area contributed by atoms with Crippen molar-refractivity contribution in [1.82, 2.24) is 10.2 Å². The molecule has 15 heavy (non-hydrogen) atoms. The van der Waals surface area contributed by atoms with E-state index in [0.717, 1.165) is 19.5 Å². The van der Waals surface area contributed by atoms with Gasteiger partial charge in [-0.15, -0.1) is 0 Å². The van der Waals surface area contributed by atoms with Gasteiger partial charge in [-0.05, 0) is 26.4 Å². The monoisotopic (exact) mass is 212 g/mol. The Morgan fingerprint density at radius 3 is 2.60 bits per heavy atom. The Labute approximate surface area is 88.4 Å². The average molecular weight is 212 g/mol. The first-order valence-electron chi connectivity index (χ1n) is 5.29. The third-order valence-corrected chi connectivity index (χ3v) is 3.18. The molecule has 1 amide bonds. The van der Waals surface area contributed by atoms with Crippen LogP contribution in [0, 0.1) is 11.8 Å². The van der Waals surface area contributed by atoms with E-state index in [4.69, 9.17) is 5.11 Å². The highest BCUT2D eigenvalue weighted by molar-refractivity contribution is 5.89. The molecule has 5 nitrogen and oxygen atoms in total. The zero-order valence-electron chi connectivity index (χ0n) is 8.77. The summed E-state index contributed by atoms with van der Waals surface area (Å²) in [6, 6.07) is 0.206. The lowest BCUT2D eigenvalue weighted by atomic mass is 10.2. The molecule has 0 aromatic rings. The Balaban J connectivity index is 1.77. The van der Waals surface area contributed by atoms with Crippen LogP contribution < -0.4 is 5.32 Å². The van der Waals surface area contributed by atoms with E-state index in [2.05, 4.69) is 10.2 Å². The molecule has 1 aliphatic carbocycles. The van der Waals surface area contributed by atoms with Crippen LogP contribution in [0.4, 0.5) is 0 Å². The Bertz CT molecular complexity index is 292. The van der Waals surface area contributed by atoms with Crippen molar-refractivity contribution in [3.05, 3.63) is 0 Å². The van der Waals surface area contributed by atoms with Gasteiger partial charge in [0.25, 0.3) is 0 Å². The number of carbonyl (C=O) groups excluding carboxylic acids is 1. The van der Waals surface area contributed by atoms with E-state index >= 15 is 0 Å². The van der Waals surface area contributed by atoms with Crippen LogP contribution in [-0.4, -0.2) is 48.1 Å². The Hall–Kier alpha value is -1.10. The van der Waals surface area contributed by atoms with Gasteiger partial charge in [0, 0.05) is 12.6 Å². The molecule has 84 valence electrons. The predicted molar refractivity (Wildman–Crippen MR) is 53.3 cm³/mol. The van der Waals surface area contributed by atoms with E-state index in [1.54, 1.807) is 0 Å². The molecule has 2 N–H and O–H groups in total. The molecule has 1 saturated carbocycles. The standard InChI is InChI=1S/C10H16N2O3/c1-12-3-2-6(5-12)11-9(13)7-4-8(7)10(14)15/h6-8H,2-5H2,1H3,(H,11,13)(H,14,15)/t6?,7-,8+/m1/s1. The minimum absolute atomic E-state index is 0.0808. The lowest BCUT2D eigenvalue weighted by Gasteiger charge is -2.12. The minimum Gasteiger partial charge on any atom is -0.481 e. The summed E-state index contributed by atoms with van der Waals surface area (Å²) in [4.78, 5) is 24.3. The minimum atomic E-state index is -0.848.